The van der Waals surface area contributed by atoms with E-state index in [4.69, 9.17) is 23.7 Å². The van der Waals surface area contributed by atoms with Crippen LogP contribution in [0.25, 0.3) is 6.08 Å². The number of ether oxygens (including phenoxy) is 5. The zero-order chi connectivity index (χ0) is 37.8. The zero-order valence-electron chi connectivity index (χ0n) is 31.8. The van der Waals surface area contributed by atoms with Crippen molar-refractivity contribution < 1.29 is 48.0 Å². The van der Waals surface area contributed by atoms with Crippen LogP contribution in [0.1, 0.15) is 80.2 Å². The Morgan fingerprint density at radius 3 is 2.29 bits per heavy atom. The molecule has 3 aliphatic heterocycles. The predicted octanol–water partition coefficient (Wildman–Crippen LogP) is 4.56. The highest BCUT2D eigenvalue weighted by atomic mass is 16.7. The van der Waals surface area contributed by atoms with Crippen LogP contribution >= 0.6 is 0 Å². The number of hydrogen-bond donors (Lipinski definition) is 2. The van der Waals surface area contributed by atoms with E-state index >= 15 is 0 Å². The molecule has 1 aromatic rings. The number of alkyl carbamates (subject to hydrolysis) is 1. The van der Waals surface area contributed by atoms with E-state index in [1.165, 1.54) is 6.92 Å². The molecule has 4 rings (SSSR count). The molecule has 0 aliphatic carbocycles. The van der Waals surface area contributed by atoms with Gasteiger partial charge in [-0.15, -0.1) is 0 Å². The molecule has 51 heavy (non-hydrogen) atoms. The Labute approximate surface area is 302 Å². The SMILES string of the molecule is CCC1OC(=O)[C@H](C)C(=O)[C@H](C)[C@@H](O[C@@H]2O[C@H](C)C[C@H](N(C)C)[C@H]2O)[C@](C)(OC/C=C/c2ccccc2)C[C@@H](C)C(=O)[C@H](C)[C@H]2NC(=O)O[C@]12C. The van der Waals surface area contributed by atoms with Gasteiger partial charge in [0, 0.05) is 23.8 Å². The summed E-state index contributed by atoms with van der Waals surface area (Å²) in [6.45, 7) is 13.9. The molecule has 3 aliphatic rings. The van der Waals surface area contributed by atoms with E-state index in [2.05, 4.69) is 5.32 Å². The number of cyclic esters (lactones) is 1. The van der Waals surface area contributed by atoms with Gasteiger partial charge in [-0.05, 0) is 66.6 Å². The first-order chi connectivity index (χ1) is 23.9. The Kier molecular flexibility index (Phi) is 13.3. The van der Waals surface area contributed by atoms with E-state index in [1.54, 1.807) is 41.5 Å². The lowest BCUT2D eigenvalue weighted by molar-refractivity contribution is -0.296. The number of rotatable bonds is 8. The Hall–Kier alpha value is -3.16. The van der Waals surface area contributed by atoms with Crippen LogP contribution in [0.2, 0.25) is 0 Å². The summed E-state index contributed by atoms with van der Waals surface area (Å²) in [7, 11) is 3.74. The topological polar surface area (TPSA) is 150 Å². The van der Waals surface area contributed by atoms with Gasteiger partial charge >= 0.3 is 12.1 Å². The van der Waals surface area contributed by atoms with E-state index in [9.17, 15) is 24.3 Å². The van der Waals surface area contributed by atoms with Crippen molar-refractivity contribution in [3.8, 4) is 0 Å². The van der Waals surface area contributed by atoms with E-state index in [0.29, 0.717) is 6.42 Å². The molecule has 12 nitrogen and oxygen atoms in total. The number of hydrogen-bond acceptors (Lipinski definition) is 11. The second kappa shape index (κ2) is 16.7. The van der Waals surface area contributed by atoms with Crippen LogP contribution in [0.3, 0.4) is 0 Å². The van der Waals surface area contributed by atoms with E-state index in [0.717, 1.165) is 5.56 Å². The molecule has 1 amide bonds. The van der Waals surface area contributed by atoms with Crippen molar-refractivity contribution in [3.63, 3.8) is 0 Å². The second-order valence-electron chi connectivity index (χ2n) is 15.3. The minimum atomic E-state index is -1.36. The number of likely N-dealkylation sites (N-methyl/N-ethyl adjacent to an activating group) is 1. The maximum Gasteiger partial charge on any atom is 0.408 e. The highest BCUT2D eigenvalue weighted by Gasteiger charge is 2.57. The Balaban J connectivity index is 1.80. The first-order valence-electron chi connectivity index (χ1n) is 18.2. The van der Waals surface area contributed by atoms with Crippen LogP contribution in [0.5, 0.6) is 0 Å². The van der Waals surface area contributed by atoms with Gasteiger partial charge in [0.2, 0.25) is 0 Å². The minimum absolute atomic E-state index is 0.105. The lowest BCUT2D eigenvalue weighted by Gasteiger charge is -2.47. The van der Waals surface area contributed by atoms with Crippen LogP contribution in [-0.2, 0) is 38.1 Å². The molecule has 3 saturated heterocycles. The first-order valence-corrected chi connectivity index (χ1v) is 18.2. The van der Waals surface area contributed by atoms with Crippen molar-refractivity contribution in [1.29, 1.82) is 0 Å². The zero-order valence-corrected chi connectivity index (χ0v) is 31.8. The van der Waals surface area contributed by atoms with Gasteiger partial charge in [-0.2, -0.15) is 0 Å². The summed E-state index contributed by atoms with van der Waals surface area (Å²) in [5, 5.41) is 14.3. The molecule has 0 bridgehead atoms. The van der Waals surface area contributed by atoms with Gasteiger partial charge in [0.1, 0.15) is 23.9 Å². The van der Waals surface area contributed by atoms with Crippen LogP contribution < -0.4 is 5.32 Å². The summed E-state index contributed by atoms with van der Waals surface area (Å²) >= 11 is 0. The van der Waals surface area contributed by atoms with Gasteiger partial charge in [0.25, 0.3) is 0 Å². The number of ketones is 2. The summed E-state index contributed by atoms with van der Waals surface area (Å²) in [5.74, 6) is -5.01. The third kappa shape index (κ3) is 8.90. The minimum Gasteiger partial charge on any atom is -0.458 e. The van der Waals surface area contributed by atoms with Crippen molar-refractivity contribution >= 4 is 29.7 Å². The van der Waals surface area contributed by atoms with E-state index in [-0.39, 0.29) is 37.4 Å². The molecular weight excluding hydrogens is 656 g/mol. The van der Waals surface area contributed by atoms with Gasteiger partial charge in [0.15, 0.2) is 17.7 Å². The number of nitrogens with one attached hydrogen (secondary N) is 1. The smallest absolute Gasteiger partial charge is 0.408 e. The monoisotopic (exact) mass is 714 g/mol. The number of carbonyl (C=O) groups excluding carboxylic acids is 4. The average Bonchev–Trinajstić information content (AvgIpc) is 3.41. The Morgan fingerprint density at radius 1 is 1.00 bits per heavy atom. The number of fused-ring (bicyclic) bond motifs is 1. The summed E-state index contributed by atoms with van der Waals surface area (Å²) in [4.78, 5) is 56.9. The summed E-state index contributed by atoms with van der Waals surface area (Å²) in [6.07, 6.45) is -0.470. The molecule has 1 aromatic carbocycles. The number of aliphatic hydroxyl groups excluding tert-OH is 1. The molecule has 0 spiro atoms. The molecule has 13 atom stereocenters. The van der Waals surface area contributed by atoms with Crippen LogP contribution in [-0.4, -0.2) is 108 Å². The number of esters is 1. The van der Waals surface area contributed by atoms with Crippen molar-refractivity contribution in [2.24, 2.45) is 23.7 Å². The summed E-state index contributed by atoms with van der Waals surface area (Å²) < 4.78 is 31.2. The lowest BCUT2D eigenvalue weighted by atomic mass is 9.73. The number of amides is 1. The molecule has 1 unspecified atom stereocenters. The predicted molar refractivity (Wildman–Crippen MR) is 190 cm³/mol. The molecule has 12 heteroatoms. The molecule has 0 saturated carbocycles. The fraction of sp³-hybridized carbons (Fsp3) is 0.692. The number of Topliss-reactive ketones (excluding diaryl/α,β-unsaturated/α-hetero) is 2. The maximum atomic E-state index is 14.3. The first kappa shape index (κ1) is 40.6. The molecule has 0 aromatic heterocycles. The van der Waals surface area contributed by atoms with Crippen molar-refractivity contribution in [3.05, 3.63) is 42.0 Å². The lowest BCUT2D eigenvalue weighted by Crippen LogP contribution is -2.60. The van der Waals surface area contributed by atoms with E-state index < -0.39 is 83.4 Å². The van der Waals surface area contributed by atoms with Crippen molar-refractivity contribution in [1.82, 2.24) is 10.2 Å². The number of carbonyl (C=O) groups is 4. The largest absolute Gasteiger partial charge is 0.458 e. The quantitative estimate of drug-likeness (QED) is 0.288. The highest BCUT2D eigenvalue weighted by molar-refractivity contribution is 6.00. The molecule has 3 heterocycles. The van der Waals surface area contributed by atoms with Gasteiger partial charge < -0.3 is 39.0 Å². The molecule has 3 fully saturated rings. The van der Waals surface area contributed by atoms with Crippen molar-refractivity contribution in [2.45, 2.75) is 129 Å². The van der Waals surface area contributed by atoms with Gasteiger partial charge in [0.05, 0.1) is 30.5 Å². The fourth-order valence-electron chi connectivity index (χ4n) is 8.11. The van der Waals surface area contributed by atoms with Crippen LogP contribution in [0, 0.1) is 23.7 Å². The normalized spacial score (nSPS) is 40.0. The maximum absolute atomic E-state index is 14.3. The van der Waals surface area contributed by atoms with Gasteiger partial charge in [-0.1, -0.05) is 70.2 Å². The summed E-state index contributed by atoms with van der Waals surface area (Å²) in [5.41, 5.74) is -1.72. The van der Waals surface area contributed by atoms with Crippen molar-refractivity contribution in [2.75, 3.05) is 20.7 Å². The van der Waals surface area contributed by atoms with Gasteiger partial charge in [-0.25, -0.2) is 4.79 Å². The third-order valence-electron chi connectivity index (χ3n) is 11.1. The van der Waals surface area contributed by atoms with Gasteiger partial charge in [-0.3, -0.25) is 14.4 Å². The fourth-order valence-corrected chi connectivity index (χ4v) is 8.11. The Bertz CT molecular complexity index is 1420. The number of aliphatic hydroxyl groups is 1. The number of nitrogens with zero attached hydrogens (tertiary/aromatic N) is 1. The standard InChI is InChI=1S/C39H58N2O10/c1-11-29-39(8)33(40-37(46)51-39)24(4)30(42)22(2)21-38(7,47-19-15-18-27-16-13-12-14-17-27)34(25(5)31(43)26(6)35(45)49-29)50-36-32(44)28(41(9)10)20-23(3)48-36/h12-18,22-26,28-29,32-34,36,44H,11,19-21H2,1-10H3,(H,40,46)/b18-15+/t22-,23-,24+,25+,26-,28+,29?,32-,33-,34-,36+,38-,39-/m1/s1. The van der Waals surface area contributed by atoms with Crippen LogP contribution in [0.4, 0.5) is 4.79 Å². The molecule has 0 radical (unpaired) electrons. The molecular formula is C39H58N2O10. The highest BCUT2D eigenvalue weighted by Crippen LogP contribution is 2.40. The van der Waals surface area contributed by atoms with E-state index in [1.807, 2.05) is 68.4 Å². The van der Waals surface area contributed by atoms with Crippen LogP contribution in [0.15, 0.2) is 36.4 Å². The Morgan fingerprint density at radius 2 is 1.67 bits per heavy atom. The second-order valence-corrected chi connectivity index (χ2v) is 15.3. The molecule has 284 valence electrons. The average molecular weight is 715 g/mol. The molecule has 2 N–H and O–H groups in total. The third-order valence-corrected chi connectivity index (χ3v) is 11.1. The summed E-state index contributed by atoms with van der Waals surface area (Å²) in [6, 6.07) is 8.61. The number of benzene rings is 1.